The molecule has 2 aromatic rings. The van der Waals surface area contributed by atoms with Crippen LogP contribution in [0.1, 0.15) is 11.3 Å². The van der Waals surface area contributed by atoms with Gasteiger partial charge in [-0.25, -0.2) is 4.98 Å². The lowest BCUT2D eigenvalue weighted by Gasteiger charge is -2.20. The van der Waals surface area contributed by atoms with Gasteiger partial charge in [0, 0.05) is 28.4 Å². The van der Waals surface area contributed by atoms with Crippen molar-refractivity contribution in [1.29, 1.82) is 0 Å². The average molecular weight is 288 g/mol. The predicted octanol–water partition coefficient (Wildman–Crippen LogP) is 3.20. The Morgan fingerprint density at radius 3 is 2.45 bits per heavy atom. The Morgan fingerprint density at radius 2 is 1.75 bits per heavy atom. The summed E-state index contributed by atoms with van der Waals surface area (Å²) >= 11 is 1.54. The standard InChI is InChI=1S/C15H16N2O2S/c1-9-5-10(2)17-15(6-9)20-14-8-13-12(7-11(14)16)18-3-4-19-13/h5-8H,3-4,16H2,1-2H3. The van der Waals surface area contributed by atoms with Gasteiger partial charge in [-0.2, -0.15) is 0 Å². The van der Waals surface area contributed by atoms with Crippen LogP contribution >= 0.6 is 11.8 Å². The second kappa shape index (κ2) is 5.25. The molecule has 0 spiro atoms. The lowest BCUT2D eigenvalue weighted by molar-refractivity contribution is 0.171. The summed E-state index contributed by atoms with van der Waals surface area (Å²) in [7, 11) is 0. The van der Waals surface area contributed by atoms with Gasteiger partial charge in [0.05, 0.1) is 0 Å². The van der Waals surface area contributed by atoms with E-state index in [4.69, 9.17) is 15.2 Å². The molecule has 4 nitrogen and oxygen atoms in total. The number of ether oxygens (including phenoxy) is 2. The van der Waals surface area contributed by atoms with E-state index in [9.17, 15) is 0 Å². The predicted molar refractivity (Wildman–Crippen MR) is 79.7 cm³/mol. The van der Waals surface area contributed by atoms with Crippen molar-refractivity contribution in [3.63, 3.8) is 0 Å². The fraction of sp³-hybridized carbons (Fsp3) is 0.267. The average Bonchev–Trinajstić information content (AvgIpc) is 2.38. The zero-order chi connectivity index (χ0) is 14.1. The highest BCUT2D eigenvalue weighted by Crippen LogP contribution is 2.40. The number of anilines is 1. The van der Waals surface area contributed by atoms with Crippen LogP contribution in [0.2, 0.25) is 0 Å². The topological polar surface area (TPSA) is 57.4 Å². The highest BCUT2D eigenvalue weighted by Gasteiger charge is 2.15. The quantitative estimate of drug-likeness (QED) is 0.860. The fourth-order valence-electron chi connectivity index (χ4n) is 2.14. The number of pyridine rings is 1. The van der Waals surface area contributed by atoms with E-state index in [1.807, 2.05) is 25.1 Å². The lowest BCUT2D eigenvalue weighted by atomic mass is 10.2. The highest BCUT2D eigenvalue weighted by molar-refractivity contribution is 7.99. The molecule has 0 amide bonds. The van der Waals surface area contributed by atoms with Crippen LogP contribution < -0.4 is 15.2 Å². The zero-order valence-electron chi connectivity index (χ0n) is 11.5. The van der Waals surface area contributed by atoms with Crippen LogP contribution in [0, 0.1) is 13.8 Å². The fourth-order valence-corrected chi connectivity index (χ4v) is 3.15. The Bertz CT molecular complexity index is 638. The third-order valence-corrected chi connectivity index (χ3v) is 3.96. The first-order chi connectivity index (χ1) is 9.61. The molecule has 2 heterocycles. The van der Waals surface area contributed by atoms with Gasteiger partial charge in [-0.15, -0.1) is 0 Å². The van der Waals surface area contributed by atoms with Crippen LogP contribution in [0.15, 0.2) is 34.2 Å². The molecule has 3 rings (SSSR count). The van der Waals surface area contributed by atoms with Crippen molar-refractivity contribution in [3.8, 4) is 11.5 Å². The smallest absolute Gasteiger partial charge is 0.163 e. The molecular weight excluding hydrogens is 272 g/mol. The SMILES string of the molecule is Cc1cc(C)nc(Sc2cc3c(cc2N)OCCO3)c1. The number of hydrogen-bond acceptors (Lipinski definition) is 5. The van der Waals surface area contributed by atoms with E-state index >= 15 is 0 Å². The second-order valence-corrected chi connectivity index (χ2v) is 5.82. The molecule has 1 aliphatic heterocycles. The molecule has 0 atom stereocenters. The van der Waals surface area contributed by atoms with Crippen molar-refractivity contribution in [3.05, 3.63) is 35.5 Å². The van der Waals surface area contributed by atoms with E-state index < -0.39 is 0 Å². The first-order valence-corrected chi connectivity index (χ1v) is 7.26. The number of fused-ring (bicyclic) bond motifs is 1. The Hall–Kier alpha value is -1.88. The maximum absolute atomic E-state index is 6.08. The first kappa shape index (κ1) is 13.1. The second-order valence-electron chi connectivity index (χ2n) is 4.76. The molecule has 0 saturated carbocycles. The maximum atomic E-state index is 6.08. The molecule has 5 heteroatoms. The van der Waals surface area contributed by atoms with Gasteiger partial charge in [-0.3, -0.25) is 0 Å². The van der Waals surface area contributed by atoms with Crippen LogP contribution in [-0.2, 0) is 0 Å². The van der Waals surface area contributed by atoms with Crippen molar-refractivity contribution < 1.29 is 9.47 Å². The van der Waals surface area contributed by atoms with E-state index in [0.717, 1.165) is 21.4 Å². The van der Waals surface area contributed by atoms with Crippen LogP contribution in [0.5, 0.6) is 11.5 Å². The summed E-state index contributed by atoms with van der Waals surface area (Å²) in [5, 5.41) is 0.936. The monoisotopic (exact) mass is 288 g/mol. The number of aryl methyl sites for hydroxylation is 2. The number of nitrogens with two attached hydrogens (primary N) is 1. The third-order valence-electron chi connectivity index (χ3n) is 2.96. The van der Waals surface area contributed by atoms with Crippen LogP contribution in [0.25, 0.3) is 0 Å². The molecule has 2 N–H and O–H groups in total. The summed E-state index contributed by atoms with van der Waals surface area (Å²) in [4.78, 5) is 5.45. The Balaban J connectivity index is 1.94. The van der Waals surface area contributed by atoms with Gasteiger partial charge in [-0.05, 0) is 31.5 Å². The van der Waals surface area contributed by atoms with E-state index in [0.29, 0.717) is 24.7 Å². The highest BCUT2D eigenvalue weighted by atomic mass is 32.2. The number of aromatic nitrogens is 1. The minimum absolute atomic E-state index is 0.567. The van der Waals surface area contributed by atoms with E-state index in [1.165, 1.54) is 5.56 Å². The van der Waals surface area contributed by atoms with Gasteiger partial charge < -0.3 is 15.2 Å². The molecule has 0 fully saturated rings. The van der Waals surface area contributed by atoms with Gasteiger partial charge in [0.15, 0.2) is 11.5 Å². The minimum atomic E-state index is 0.567. The molecule has 0 radical (unpaired) electrons. The molecular formula is C15H16N2O2S. The van der Waals surface area contributed by atoms with Gasteiger partial charge in [0.2, 0.25) is 0 Å². The molecule has 1 aromatic carbocycles. The first-order valence-electron chi connectivity index (χ1n) is 6.44. The Morgan fingerprint density at radius 1 is 1.05 bits per heavy atom. The maximum Gasteiger partial charge on any atom is 0.163 e. The molecule has 0 bridgehead atoms. The van der Waals surface area contributed by atoms with Crippen molar-refractivity contribution in [2.75, 3.05) is 18.9 Å². The van der Waals surface area contributed by atoms with Gasteiger partial charge in [0.25, 0.3) is 0 Å². The molecule has 0 aliphatic carbocycles. The number of benzene rings is 1. The van der Waals surface area contributed by atoms with Crippen LogP contribution in [0.4, 0.5) is 5.69 Å². The number of nitrogens with zero attached hydrogens (tertiary/aromatic N) is 1. The van der Waals surface area contributed by atoms with Crippen molar-refractivity contribution in [2.24, 2.45) is 0 Å². The van der Waals surface area contributed by atoms with E-state index in [1.54, 1.807) is 11.8 Å². The number of nitrogen functional groups attached to an aromatic ring is 1. The van der Waals surface area contributed by atoms with E-state index in [-0.39, 0.29) is 0 Å². The normalized spacial score (nSPS) is 13.3. The summed E-state index contributed by atoms with van der Waals surface area (Å²) in [5.74, 6) is 1.46. The van der Waals surface area contributed by atoms with E-state index in [2.05, 4.69) is 18.0 Å². The summed E-state index contributed by atoms with van der Waals surface area (Å²) in [6.07, 6.45) is 0. The van der Waals surface area contributed by atoms with Gasteiger partial charge in [0.1, 0.15) is 18.2 Å². The number of rotatable bonds is 2. The Labute approximate surface area is 122 Å². The molecule has 0 saturated heterocycles. The third kappa shape index (κ3) is 2.67. The number of hydrogen-bond donors (Lipinski definition) is 1. The van der Waals surface area contributed by atoms with Gasteiger partial charge in [-0.1, -0.05) is 11.8 Å². The largest absolute Gasteiger partial charge is 0.486 e. The molecule has 104 valence electrons. The Kier molecular flexibility index (Phi) is 3.44. The minimum Gasteiger partial charge on any atom is -0.486 e. The molecule has 1 aromatic heterocycles. The van der Waals surface area contributed by atoms with Crippen LogP contribution in [-0.4, -0.2) is 18.2 Å². The molecule has 1 aliphatic rings. The summed E-state index contributed by atoms with van der Waals surface area (Å²) < 4.78 is 11.1. The summed E-state index contributed by atoms with van der Waals surface area (Å²) in [6, 6.07) is 7.85. The van der Waals surface area contributed by atoms with Gasteiger partial charge >= 0.3 is 0 Å². The summed E-state index contributed by atoms with van der Waals surface area (Å²) in [6.45, 7) is 5.19. The van der Waals surface area contributed by atoms with Crippen molar-refractivity contribution in [2.45, 2.75) is 23.8 Å². The summed E-state index contributed by atoms with van der Waals surface area (Å²) in [5.41, 5.74) is 8.96. The lowest BCUT2D eigenvalue weighted by Crippen LogP contribution is -2.15. The zero-order valence-corrected chi connectivity index (χ0v) is 12.3. The molecule has 0 unspecified atom stereocenters. The van der Waals surface area contributed by atoms with Crippen molar-refractivity contribution >= 4 is 17.4 Å². The molecule has 20 heavy (non-hydrogen) atoms. The van der Waals surface area contributed by atoms with Crippen LogP contribution in [0.3, 0.4) is 0 Å². The van der Waals surface area contributed by atoms with Crippen molar-refractivity contribution in [1.82, 2.24) is 4.98 Å².